The summed E-state index contributed by atoms with van der Waals surface area (Å²) in [5.74, 6) is -0.519. The lowest BCUT2D eigenvalue weighted by atomic mass is 10.0. The number of aromatic nitrogens is 5. The monoisotopic (exact) mass is 429 g/mol. The fraction of sp³-hybridized carbons (Fsp3) is 0.300. The summed E-state index contributed by atoms with van der Waals surface area (Å²) in [5, 5.41) is 11.6. The molecule has 1 aliphatic rings. The van der Waals surface area contributed by atoms with Gasteiger partial charge in [0.2, 0.25) is 0 Å². The zero-order valence-corrected chi connectivity index (χ0v) is 17.3. The predicted molar refractivity (Wildman–Crippen MR) is 114 cm³/mol. The van der Waals surface area contributed by atoms with E-state index in [1.165, 1.54) is 12.1 Å². The van der Waals surface area contributed by atoms with Crippen LogP contribution in [-0.2, 0) is 7.05 Å². The number of rotatable bonds is 3. The third kappa shape index (κ3) is 3.29. The molecule has 0 saturated carbocycles. The van der Waals surface area contributed by atoms with Crippen molar-refractivity contribution in [2.24, 2.45) is 7.05 Å². The van der Waals surface area contributed by atoms with Crippen molar-refractivity contribution >= 4 is 40.4 Å². The van der Waals surface area contributed by atoms with Gasteiger partial charge in [-0.1, -0.05) is 0 Å². The Bertz CT molecular complexity index is 1260. The van der Waals surface area contributed by atoms with Crippen molar-refractivity contribution in [1.29, 1.82) is 0 Å². The molecule has 156 valence electrons. The Morgan fingerprint density at radius 2 is 2.20 bits per heavy atom. The molecule has 0 aliphatic carbocycles. The topological polar surface area (TPSA) is 101 Å². The molecule has 1 unspecified atom stereocenters. The quantitative estimate of drug-likeness (QED) is 0.464. The third-order valence-corrected chi connectivity index (χ3v) is 5.47. The Hall–Kier alpha value is -3.04. The van der Waals surface area contributed by atoms with Crippen molar-refractivity contribution in [2.45, 2.75) is 18.9 Å². The van der Waals surface area contributed by atoms with E-state index in [4.69, 9.17) is 0 Å². The van der Waals surface area contributed by atoms with Gasteiger partial charge in [-0.15, -0.1) is 12.4 Å². The highest BCUT2D eigenvalue weighted by Gasteiger charge is 2.31. The summed E-state index contributed by atoms with van der Waals surface area (Å²) < 4.78 is 15.2. The molecule has 0 bridgehead atoms. The Balaban J connectivity index is 0.00000218. The van der Waals surface area contributed by atoms with Crippen molar-refractivity contribution < 1.29 is 9.18 Å². The van der Waals surface area contributed by atoms with Gasteiger partial charge in [-0.25, -0.2) is 14.4 Å². The molecule has 3 N–H and O–H groups in total. The van der Waals surface area contributed by atoms with Crippen LogP contribution in [0.4, 0.5) is 4.39 Å². The van der Waals surface area contributed by atoms with Gasteiger partial charge in [-0.3, -0.25) is 9.48 Å². The number of halogens is 2. The van der Waals surface area contributed by atoms with Crippen molar-refractivity contribution in [3.63, 3.8) is 0 Å². The van der Waals surface area contributed by atoms with Crippen molar-refractivity contribution in [1.82, 2.24) is 35.4 Å². The number of nitrogens with one attached hydrogen (secondary N) is 3. The molecule has 10 heteroatoms. The first-order valence-electron chi connectivity index (χ1n) is 9.43. The lowest BCUT2D eigenvalue weighted by molar-refractivity contribution is 0.0914. The minimum Gasteiger partial charge on any atom is -0.345 e. The predicted octanol–water partition coefficient (Wildman–Crippen LogP) is 2.55. The van der Waals surface area contributed by atoms with Crippen LogP contribution < -0.4 is 10.6 Å². The second-order valence-electron chi connectivity index (χ2n) is 7.73. The Labute approximate surface area is 177 Å². The van der Waals surface area contributed by atoms with Crippen LogP contribution in [0.5, 0.6) is 0 Å². The van der Waals surface area contributed by atoms with Gasteiger partial charge < -0.3 is 15.6 Å². The summed E-state index contributed by atoms with van der Waals surface area (Å²) in [6, 6.07) is 4.51. The zero-order chi connectivity index (χ0) is 20.2. The van der Waals surface area contributed by atoms with Crippen LogP contribution in [0.3, 0.4) is 0 Å². The number of aryl methyl sites for hydroxylation is 1. The van der Waals surface area contributed by atoms with Crippen LogP contribution in [0.15, 0.2) is 30.6 Å². The van der Waals surface area contributed by atoms with E-state index < -0.39 is 0 Å². The molecule has 8 nitrogen and oxygen atoms in total. The van der Waals surface area contributed by atoms with Gasteiger partial charge in [0.25, 0.3) is 5.91 Å². The van der Waals surface area contributed by atoms with Crippen LogP contribution in [0.1, 0.15) is 23.7 Å². The van der Waals surface area contributed by atoms with Gasteiger partial charge >= 0.3 is 0 Å². The fourth-order valence-electron chi connectivity index (χ4n) is 3.86. The van der Waals surface area contributed by atoms with Crippen LogP contribution >= 0.6 is 12.4 Å². The molecular weight excluding hydrogens is 409 g/mol. The number of nitrogens with zero attached hydrogens (tertiary/aromatic N) is 4. The number of carbonyl (C=O) groups excluding carboxylic acids is 1. The van der Waals surface area contributed by atoms with E-state index in [9.17, 15) is 9.18 Å². The van der Waals surface area contributed by atoms with Gasteiger partial charge in [0.1, 0.15) is 22.7 Å². The standard InChI is InChI=1S/C20H20FN7O.ClH/c1-20(5-6-22-10-20)26-19(29)13-8-23-18-17(13)25-14(9-24-18)16-12-4-3-11(21)7-15(12)28(2)27-16;/h3-4,7-9,22H,5-6,10H2,1-2H3,(H,23,24)(H,26,29);1H. The van der Waals surface area contributed by atoms with Crippen molar-refractivity contribution in [3.05, 3.63) is 42.0 Å². The molecule has 5 rings (SSSR count). The first kappa shape index (κ1) is 20.2. The Morgan fingerprint density at radius 1 is 1.37 bits per heavy atom. The number of H-pyrrole nitrogens is 1. The molecule has 4 aromatic rings. The van der Waals surface area contributed by atoms with Crippen LogP contribution in [0.2, 0.25) is 0 Å². The van der Waals surface area contributed by atoms with Gasteiger partial charge in [-0.05, 0) is 38.1 Å². The maximum Gasteiger partial charge on any atom is 0.255 e. The highest BCUT2D eigenvalue weighted by atomic mass is 35.5. The first-order valence-corrected chi connectivity index (χ1v) is 9.43. The molecule has 4 heterocycles. The number of amides is 1. The van der Waals surface area contributed by atoms with E-state index in [1.54, 1.807) is 30.2 Å². The average Bonchev–Trinajstić information content (AvgIpc) is 3.39. The van der Waals surface area contributed by atoms with E-state index in [-0.39, 0.29) is 29.7 Å². The summed E-state index contributed by atoms with van der Waals surface area (Å²) in [6.07, 6.45) is 4.10. The van der Waals surface area contributed by atoms with E-state index >= 15 is 0 Å². The molecule has 1 atom stereocenters. The normalized spacial score (nSPS) is 18.6. The Kier molecular flexibility index (Phi) is 4.95. The second kappa shape index (κ2) is 7.33. The highest BCUT2D eigenvalue weighted by Crippen LogP contribution is 2.28. The number of benzene rings is 1. The highest BCUT2D eigenvalue weighted by molar-refractivity contribution is 6.05. The van der Waals surface area contributed by atoms with E-state index in [1.807, 2.05) is 6.92 Å². The molecule has 0 spiro atoms. The number of aromatic amines is 1. The minimum absolute atomic E-state index is 0. The maximum atomic E-state index is 13.6. The van der Waals surface area contributed by atoms with Crippen LogP contribution in [0, 0.1) is 5.82 Å². The van der Waals surface area contributed by atoms with Crippen LogP contribution in [-0.4, -0.2) is 49.3 Å². The maximum absolute atomic E-state index is 13.6. The lowest BCUT2D eigenvalue weighted by Gasteiger charge is -2.24. The van der Waals surface area contributed by atoms with Crippen molar-refractivity contribution in [3.8, 4) is 11.4 Å². The van der Waals surface area contributed by atoms with Gasteiger partial charge in [-0.2, -0.15) is 5.10 Å². The number of fused-ring (bicyclic) bond motifs is 2. The Morgan fingerprint density at radius 3 is 2.97 bits per heavy atom. The minimum atomic E-state index is -0.326. The SMILES string of the molecule is Cl.Cn1nc(-c2cnc3[nH]cc(C(=O)NC4(C)CCNC4)c3n2)c2ccc(F)cc21. The molecule has 1 fully saturated rings. The van der Waals surface area contributed by atoms with Crippen LogP contribution in [0.25, 0.3) is 33.5 Å². The summed E-state index contributed by atoms with van der Waals surface area (Å²) in [6.45, 7) is 3.63. The second-order valence-corrected chi connectivity index (χ2v) is 7.73. The molecule has 1 aliphatic heterocycles. The molecular formula is C20H21ClFN7O. The van der Waals surface area contributed by atoms with E-state index in [0.717, 1.165) is 24.9 Å². The van der Waals surface area contributed by atoms with Crippen molar-refractivity contribution in [2.75, 3.05) is 13.1 Å². The third-order valence-electron chi connectivity index (χ3n) is 5.47. The van der Waals surface area contributed by atoms with Gasteiger partial charge in [0.15, 0.2) is 5.65 Å². The first-order chi connectivity index (χ1) is 13.9. The van der Waals surface area contributed by atoms with E-state index in [0.29, 0.717) is 33.6 Å². The van der Waals surface area contributed by atoms with E-state index in [2.05, 4.69) is 30.7 Å². The summed E-state index contributed by atoms with van der Waals surface area (Å²) >= 11 is 0. The lowest BCUT2D eigenvalue weighted by Crippen LogP contribution is -2.47. The molecule has 1 amide bonds. The molecule has 1 aromatic carbocycles. The smallest absolute Gasteiger partial charge is 0.255 e. The zero-order valence-electron chi connectivity index (χ0n) is 16.5. The fourth-order valence-corrected chi connectivity index (χ4v) is 3.86. The molecule has 30 heavy (non-hydrogen) atoms. The summed E-state index contributed by atoms with van der Waals surface area (Å²) in [4.78, 5) is 25.0. The number of carbonyl (C=O) groups is 1. The molecule has 1 saturated heterocycles. The summed E-state index contributed by atoms with van der Waals surface area (Å²) in [5.41, 5.74) is 2.95. The van der Waals surface area contributed by atoms with Gasteiger partial charge in [0.05, 0.1) is 22.8 Å². The molecule has 3 aromatic heterocycles. The molecule has 0 radical (unpaired) electrons. The number of hydrogen-bond acceptors (Lipinski definition) is 5. The average molecular weight is 430 g/mol. The largest absolute Gasteiger partial charge is 0.345 e. The summed E-state index contributed by atoms with van der Waals surface area (Å²) in [7, 11) is 1.75. The number of hydrogen-bond donors (Lipinski definition) is 3. The van der Waals surface area contributed by atoms with Gasteiger partial charge in [0, 0.05) is 25.2 Å².